The van der Waals surface area contributed by atoms with Crippen LogP contribution in [0.1, 0.15) is 45.2 Å². The zero-order valence-corrected chi connectivity index (χ0v) is 14.9. The molecule has 3 N–H and O–H groups in total. The molecule has 0 aromatic heterocycles. The predicted molar refractivity (Wildman–Crippen MR) is 97.2 cm³/mol. The molecular formula is C20H20O7. The number of carboxylic acid groups (broad SMARTS) is 2. The predicted octanol–water partition coefficient (Wildman–Crippen LogP) is 2.87. The Morgan fingerprint density at radius 1 is 0.852 bits per heavy atom. The van der Waals surface area contributed by atoms with E-state index >= 15 is 0 Å². The van der Waals surface area contributed by atoms with Gasteiger partial charge in [0.2, 0.25) is 5.78 Å². The van der Waals surface area contributed by atoms with E-state index in [2.05, 4.69) is 0 Å². The normalized spacial score (nSPS) is 9.70. The number of aromatic carboxylic acids is 2. The van der Waals surface area contributed by atoms with Gasteiger partial charge in [0, 0.05) is 12.8 Å². The fourth-order valence-electron chi connectivity index (χ4n) is 2.08. The third-order valence-electron chi connectivity index (χ3n) is 3.65. The number of benzene rings is 2. The van der Waals surface area contributed by atoms with Crippen LogP contribution in [-0.2, 0) is 16.0 Å². The molecule has 0 atom stereocenters. The fraction of sp³-hybridized carbons (Fsp3) is 0.200. The quantitative estimate of drug-likeness (QED) is 0.665. The van der Waals surface area contributed by atoms with Gasteiger partial charge in [-0.3, -0.25) is 9.59 Å². The number of phenols is 1. The number of phenolic OH excluding ortho intramolecular Hbond substituents is 1. The van der Waals surface area contributed by atoms with Crippen LogP contribution in [0.3, 0.4) is 0 Å². The summed E-state index contributed by atoms with van der Waals surface area (Å²) in [4.78, 5) is 43.3. The van der Waals surface area contributed by atoms with E-state index in [1.165, 1.54) is 24.3 Å². The second-order valence-corrected chi connectivity index (χ2v) is 5.68. The summed E-state index contributed by atoms with van der Waals surface area (Å²) < 4.78 is 0. The van der Waals surface area contributed by atoms with Crippen LogP contribution in [-0.4, -0.2) is 38.8 Å². The molecule has 142 valence electrons. The van der Waals surface area contributed by atoms with E-state index in [1.807, 2.05) is 0 Å². The number of rotatable bonds is 6. The Bertz CT molecular complexity index is 851. The molecule has 27 heavy (non-hydrogen) atoms. The van der Waals surface area contributed by atoms with Gasteiger partial charge < -0.3 is 15.3 Å². The summed E-state index contributed by atoms with van der Waals surface area (Å²) in [6, 6.07) is 10.3. The van der Waals surface area contributed by atoms with Gasteiger partial charge in [-0.2, -0.15) is 0 Å². The lowest BCUT2D eigenvalue weighted by atomic mass is 10.1. The monoisotopic (exact) mass is 372 g/mol. The minimum absolute atomic E-state index is 0.0111. The van der Waals surface area contributed by atoms with Gasteiger partial charge >= 0.3 is 11.9 Å². The van der Waals surface area contributed by atoms with Gasteiger partial charge in [-0.1, -0.05) is 25.1 Å². The third kappa shape index (κ3) is 6.74. The van der Waals surface area contributed by atoms with Crippen molar-refractivity contribution in [2.24, 2.45) is 0 Å². The number of carbonyl (C=O) groups is 4. The summed E-state index contributed by atoms with van der Waals surface area (Å²) in [5.74, 6) is -2.80. The van der Waals surface area contributed by atoms with Crippen molar-refractivity contribution in [1.29, 1.82) is 0 Å². The summed E-state index contributed by atoms with van der Waals surface area (Å²) in [5.41, 5.74) is 1.31. The summed E-state index contributed by atoms with van der Waals surface area (Å²) in [5, 5.41) is 26.3. The van der Waals surface area contributed by atoms with Crippen LogP contribution in [0, 0.1) is 6.92 Å². The highest BCUT2D eigenvalue weighted by molar-refractivity contribution is 6.37. The first-order valence-electron chi connectivity index (χ1n) is 8.06. The highest BCUT2D eigenvalue weighted by Crippen LogP contribution is 2.11. The molecule has 0 heterocycles. The van der Waals surface area contributed by atoms with Crippen LogP contribution in [0.4, 0.5) is 0 Å². The molecule has 0 saturated carbocycles. The summed E-state index contributed by atoms with van der Waals surface area (Å²) in [6.07, 6.45) is 0.365. The Labute approximate surface area is 155 Å². The van der Waals surface area contributed by atoms with Crippen LogP contribution >= 0.6 is 0 Å². The van der Waals surface area contributed by atoms with Crippen LogP contribution in [0.2, 0.25) is 0 Å². The van der Waals surface area contributed by atoms with Gasteiger partial charge in [0.15, 0.2) is 5.78 Å². The topological polar surface area (TPSA) is 129 Å². The number of ketones is 2. The largest absolute Gasteiger partial charge is 0.508 e. The number of carboxylic acids is 2. The molecule has 0 aliphatic rings. The molecule has 0 saturated heterocycles. The van der Waals surface area contributed by atoms with Crippen LogP contribution in [0.5, 0.6) is 5.75 Å². The number of carbonyl (C=O) groups excluding carboxylic acids is 2. The molecule has 2 aromatic rings. The number of aromatic hydroxyl groups is 1. The first-order chi connectivity index (χ1) is 12.6. The minimum atomic E-state index is -1.12. The Balaban J connectivity index is 0.000000271. The van der Waals surface area contributed by atoms with Crippen molar-refractivity contribution in [3.63, 3.8) is 0 Å². The maximum Gasteiger partial charge on any atom is 0.335 e. The molecule has 2 rings (SSSR count). The van der Waals surface area contributed by atoms with Crippen molar-refractivity contribution >= 4 is 23.5 Å². The highest BCUT2D eigenvalue weighted by atomic mass is 16.4. The molecule has 7 nitrogen and oxygen atoms in total. The molecular weight excluding hydrogens is 352 g/mol. The standard InChI is InChI=1S/C11H12O3.C9H8O4/c1-2-10(13)11(14)7-8-3-5-9(12)6-4-8;1-5-2-3-6(8(10)11)4-7(5)9(12)13/h3-6,12H,2,7H2,1H3;2-4H,1H3,(H,10,11)(H,12,13). The summed E-state index contributed by atoms with van der Waals surface area (Å²) in [6.45, 7) is 3.28. The zero-order valence-electron chi connectivity index (χ0n) is 14.9. The van der Waals surface area contributed by atoms with E-state index in [-0.39, 0.29) is 41.3 Å². The van der Waals surface area contributed by atoms with Gasteiger partial charge in [-0.25, -0.2) is 9.59 Å². The minimum Gasteiger partial charge on any atom is -0.508 e. The average Bonchev–Trinajstić information content (AvgIpc) is 2.63. The molecule has 0 amide bonds. The average molecular weight is 372 g/mol. The first kappa shape index (κ1) is 21.6. The number of hydrogen-bond donors (Lipinski definition) is 3. The number of Topliss-reactive ketones (excluding diaryl/α,β-unsaturated/α-hetero) is 2. The Morgan fingerprint density at radius 2 is 1.44 bits per heavy atom. The van der Waals surface area contributed by atoms with Crippen molar-refractivity contribution in [2.75, 3.05) is 0 Å². The second kappa shape index (κ2) is 9.86. The van der Waals surface area contributed by atoms with Gasteiger partial charge in [0.1, 0.15) is 5.75 Å². The van der Waals surface area contributed by atoms with E-state index in [0.717, 1.165) is 11.6 Å². The Hall–Kier alpha value is -3.48. The van der Waals surface area contributed by atoms with Crippen LogP contribution in [0.25, 0.3) is 0 Å². The lowest BCUT2D eigenvalue weighted by Crippen LogP contribution is -2.14. The number of aryl methyl sites for hydroxylation is 1. The smallest absolute Gasteiger partial charge is 0.335 e. The zero-order chi connectivity index (χ0) is 20.6. The van der Waals surface area contributed by atoms with Crippen molar-refractivity contribution < 1.29 is 34.5 Å². The van der Waals surface area contributed by atoms with Gasteiger partial charge in [-0.15, -0.1) is 0 Å². The fourth-order valence-corrected chi connectivity index (χ4v) is 2.08. The molecule has 0 spiro atoms. The van der Waals surface area contributed by atoms with Gasteiger partial charge in [0.05, 0.1) is 11.1 Å². The second-order valence-electron chi connectivity index (χ2n) is 5.68. The van der Waals surface area contributed by atoms with Crippen molar-refractivity contribution in [2.45, 2.75) is 26.7 Å². The Kier molecular flexibility index (Phi) is 7.88. The van der Waals surface area contributed by atoms with Crippen molar-refractivity contribution in [1.82, 2.24) is 0 Å². The Morgan fingerprint density at radius 3 is 1.93 bits per heavy atom. The van der Waals surface area contributed by atoms with E-state index in [1.54, 1.807) is 26.0 Å². The number of hydrogen-bond acceptors (Lipinski definition) is 5. The third-order valence-corrected chi connectivity index (χ3v) is 3.65. The van der Waals surface area contributed by atoms with Crippen molar-refractivity contribution in [3.8, 4) is 5.75 Å². The summed E-state index contributed by atoms with van der Waals surface area (Å²) >= 11 is 0. The molecule has 0 aliphatic heterocycles. The lowest BCUT2D eigenvalue weighted by molar-refractivity contribution is -0.136. The molecule has 0 aliphatic carbocycles. The molecule has 0 unspecified atom stereocenters. The molecule has 0 fully saturated rings. The molecule has 0 radical (unpaired) electrons. The van der Waals surface area contributed by atoms with E-state index in [4.69, 9.17) is 15.3 Å². The van der Waals surface area contributed by atoms with Crippen LogP contribution in [0.15, 0.2) is 42.5 Å². The lowest BCUT2D eigenvalue weighted by Gasteiger charge is -2.01. The highest BCUT2D eigenvalue weighted by Gasteiger charge is 2.12. The molecule has 0 bridgehead atoms. The summed E-state index contributed by atoms with van der Waals surface area (Å²) in [7, 11) is 0. The molecule has 2 aromatic carbocycles. The van der Waals surface area contributed by atoms with E-state index in [9.17, 15) is 19.2 Å². The first-order valence-corrected chi connectivity index (χ1v) is 8.06. The SMILES string of the molecule is CCC(=O)C(=O)Cc1ccc(O)cc1.Cc1ccc(C(=O)O)cc1C(=O)O. The van der Waals surface area contributed by atoms with Crippen molar-refractivity contribution in [3.05, 3.63) is 64.7 Å². The maximum absolute atomic E-state index is 11.2. The van der Waals surface area contributed by atoms with E-state index < -0.39 is 11.9 Å². The molecule has 7 heteroatoms. The van der Waals surface area contributed by atoms with Gasteiger partial charge in [-0.05, 0) is 42.3 Å². The van der Waals surface area contributed by atoms with Crippen LogP contribution < -0.4 is 0 Å². The maximum atomic E-state index is 11.2. The van der Waals surface area contributed by atoms with Gasteiger partial charge in [0.25, 0.3) is 0 Å². The van der Waals surface area contributed by atoms with E-state index in [0.29, 0.717) is 5.56 Å².